The van der Waals surface area contributed by atoms with Gasteiger partial charge in [-0.15, -0.1) is 0 Å². The lowest BCUT2D eigenvalue weighted by atomic mass is 9.85. The Balaban J connectivity index is 2.01. The molecule has 1 aliphatic heterocycles. The number of carbonyl (C=O) groups is 1. The summed E-state index contributed by atoms with van der Waals surface area (Å²) in [6.45, 7) is 5.08. The van der Waals surface area contributed by atoms with E-state index in [4.69, 9.17) is 0 Å². The molecule has 1 fully saturated rings. The summed E-state index contributed by atoms with van der Waals surface area (Å²) in [6, 6.07) is 4.04. The molecule has 1 N–H and O–H groups in total. The van der Waals surface area contributed by atoms with Crippen LogP contribution in [-0.2, 0) is 17.6 Å². The molecule has 0 radical (unpaired) electrons. The lowest BCUT2D eigenvalue weighted by molar-refractivity contribution is -0.125. The highest BCUT2D eigenvalue weighted by Gasteiger charge is 2.33. The zero-order valence-corrected chi connectivity index (χ0v) is 11.3. The Morgan fingerprint density at radius 1 is 1.44 bits per heavy atom. The molecule has 98 valence electrons. The summed E-state index contributed by atoms with van der Waals surface area (Å²) in [7, 11) is 0. The third kappa shape index (κ3) is 2.96. The van der Waals surface area contributed by atoms with Gasteiger partial charge in [0.15, 0.2) is 5.78 Å². The number of hydrogen-bond donors (Lipinski definition) is 1. The van der Waals surface area contributed by atoms with Crippen molar-refractivity contribution in [3.63, 3.8) is 0 Å². The smallest absolute Gasteiger partial charge is 0.158 e. The third-order valence-corrected chi connectivity index (χ3v) is 3.87. The second kappa shape index (κ2) is 5.61. The molecule has 0 amide bonds. The standard InChI is InChI=1S/C15H22N2O/c1-3-12-6-7-13(16-11-12)10-14(18)15(2)8-4-5-9-17-15/h6-7,11,17H,3-5,8-10H2,1-2H3. The summed E-state index contributed by atoms with van der Waals surface area (Å²) in [6.07, 6.45) is 6.55. The number of nitrogens with one attached hydrogen (secondary N) is 1. The molecular weight excluding hydrogens is 224 g/mol. The number of aromatic nitrogens is 1. The second-order valence-electron chi connectivity index (χ2n) is 5.33. The summed E-state index contributed by atoms with van der Waals surface area (Å²) in [5.74, 6) is 0.263. The molecule has 2 rings (SSSR count). The zero-order valence-electron chi connectivity index (χ0n) is 11.3. The Bertz CT molecular complexity index is 405. The summed E-state index contributed by atoms with van der Waals surface area (Å²) < 4.78 is 0. The molecule has 1 aromatic heterocycles. The molecule has 2 heterocycles. The molecule has 0 aliphatic carbocycles. The van der Waals surface area contributed by atoms with Crippen LogP contribution in [0.2, 0.25) is 0 Å². The highest BCUT2D eigenvalue weighted by atomic mass is 16.1. The highest BCUT2D eigenvalue weighted by molar-refractivity contribution is 5.89. The first-order valence-corrected chi connectivity index (χ1v) is 6.86. The Hall–Kier alpha value is -1.22. The van der Waals surface area contributed by atoms with Crippen molar-refractivity contribution < 1.29 is 4.79 Å². The van der Waals surface area contributed by atoms with E-state index in [1.54, 1.807) is 0 Å². The molecule has 0 saturated carbocycles. The maximum atomic E-state index is 12.3. The van der Waals surface area contributed by atoms with Gasteiger partial charge in [-0.25, -0.2) is 0 Å². The minimum absolute atomic E-state index is 0.263. The monoisotopic (exact) mass is 246 g/mol. The van der Waals surface area contributed by atoms with Crippen LogP contribution in [0.25, 0.3) is 0 Å². The largest absolute Gasteiger partial charge is 0.305 e. The van der Waals surface area contributed by atoms with E-state index in [2.05, 4.69) is 23.3 Å². The van der Waals surface area contributed by atoms with Crippen LogP contribution in [0.3, 0.4) is 0 Å². The number of piperidine rings is 1. The average Bonchev–Trinajstić information content (AvgIpc) is 2.40. The van der Waals surface area contributed by atoms with Gasteiger partial charge in [-0.2, -0.15) is 0 Å². The maximum absolute atomic E-state index is 12.3. The van der Waals surface area contributed by atoms with Crippen LogP contribution < -0.4 is 5.32 Å². The van der Waals surface area contributed by atoms with Crippen molar-refractivity contribution in [3.05, 3.63) is 29.6 Å². The van der Waals surface area contributed by atoms with Crippen molar-refractivity contribution in [1.29, 1.82) is 0 Å². The minimum atomic E-state index is -0.344. The normalized spacial score (nSPS) is 23.9. The number of aryl methyl sites for hydroxylation is 1. The molecule has 0 aromatic carbocycles. The van der Waals surface area contributed by atoms with Gasteiger partial charge in [0.1, 0.15) is 0 Å². The predicted octanol–water partition coefficient (Wildman–Crippen LogP) is 2.29. The molecule has 3 heteroatoms. The molecule has 0 spiro atoms. The van der Waals surface area contributed by atoms with Gasteiger partial charge >= 0.3 is 0 Å². The minimum Gasteiger partial charge on any atom is -0.305 e. The van der Waals surface area contributed by atoms with Crippen molar-refractivity contribution >= 4 is 5.78 Å². The van der Waals surface area contributed by atoms with Gasteiger partial charge in [0.2, 0.25) is 0 Å². The summed E-state index contributed by atoms with van der Waals surface area (Å²) in [5.41, 5.74) is 1.75. The van der Waals surface area contributed by atoms with E-state index in [1.807, 2.05) is 19.2 Å². The average molecular weight is 246 g/mol. The fraction of sp³-hybridized carbons (Fsp3) is 0.600. The Labute approximate surface area is 109 Å². The van der Waals surface area contributed by atoms with Crippen LogP contribution in [0.1, 0.15) is 44.4 Å². The van der Waals surface area contributed by atoms with Crippen LogP contribution in [0.5, 0.6) is 0 Å². The lowest BCUT2D eigenvalue weighted by Crippen LogP contribution is -2.52. The van der Waals surface area contributed by atoms with E-state index >= 15 is 0 Å². The summed E-state index contributed by atoms with van der Waals surface area (Å²) in [5, 5.41) is 3.36. The van der Waals surface area contributed by atoms with Crippen LogP contribution in [0.4, 0.5) is 0 Å². The van der Waals surface area contributed by atoms with E-state index in [0.29, 0.717) is 6.42 Å². The van der Waals surface area contributed by atoms with Crippen molar-refractivity contribution in [1.82, 2.24) is 10.3 Å². The predicted molar refractivity (Wildman–Crippen MR) is 72.6 cm³/mol. The first kappa shape index (κ1) is 13.2. The molecule has 3 nitrogen and oxygen atoms in total. The van der Waals surface area contributed by atoms with E-state index in [-0.39, 0.29) is 11.3 Å². The van der Waals surface area contributed by atoms with E-state index in [0.717, 1.165) is 31.5 Å². The van der Waals surface area contributed by atoms with Crippen molar-refractivity contribution in [2.45, 2.75) is 51.5 Å². The van der Waals surface area contributed by atoms with Gasteiger partial charge in [0.25, 0.3) is 0 Å². The summed E-state index contributed by atoms with van der Waals surface area (Å²) in [4.78, 5) is 16.7. The van der Waals surface area contributed by atoms with Crippen LogP contribution in [0.15, 0.2) is 18.3 Å². The van der Waals surface area contributed by atoms with Crippen molar-refractivity contribution in [3.8, 4) is 0 Å². The maximum Gasteiger partial charge on any atom is 0.158 e. The molecule has 0 bridgehead atoms. The third-order valence-electron chi connectivity index (χ3n) is 3.87. The van der Waals surface area contributed by atoms with Gasteiger partial charge in [0, 0.05) is 11.9 Å². The first-order chi connectivity index (χ1) is 8.64. The summed E-state index contributed by atoms with van der Waals surface area (Å²) >= 11 is 0. The number of ketones is 1. The molecule has 1 unspecified atom stereocenters. The van der Waals surface area contributed by atoms with Crippen molar-refractivity contribution in [2.24, 2.45) is 0 Å². The molecular formula is C15H22N2O. The van der Waals surface area contributed by atoms with E-state index < -0.39 is 0 Å². The van der Waals surface area contributed by atoms with Crippen molar-refractivity contribution in [2.75, 3.05) is 6.54 Å². The van der Waals surface area contributed by atoms with Gasteiger partial charge in [-0.05, 0) is 50.8 Å². The molecule has 1 aliphatic rings. The Kier molecular flexibility index (Phi) is 4.12. The number of rotatable bonds is 4. The van der Waals surface area contributed by atoms with Gasteiger partial charge < -0.3 is 5.32 Å². The van der Waals surface area contributed by atoms with E-state index in [9.17, 15) is 4.79 Å². The molecule has 1 atom stereocenters. The number of nitrogens with zero attached hydrogens (tertiary/aromatic N) is 1. The fourth-order valence-electron chi connectivity index (χ4n) is 2.42. The first-order valence-electron chi connectivity index (χ1n) is 6.86. The molecule has 1 aromatic rings. The fourth-order valence-corrected chi connectivity index (χ4v) is 2.42. The van der Waals surface area contributed by atoms with Crippen LogP contribution in [0, 0.1) is 0 Å². The SMILES string of the molecule is CCc1ccc(CC(=O)C2(C)CCCCN2)nc1. The number of pyridine rings is 1. The second-order valence-corrected chi connectivity index (χ2v) is 5.33. The zero-order chi connectivity index (χ0) is 13.0. The topological polar surface area (TPSA) is 42.0 Å². The number of Topliss-reactive ketones (excluding diaryl/α,β-unsaturated/α-hetero) is 1. The molecule has 1 saturated heterocycles. The Morgan fingerprint density at radius 3 is 2.83 bits per heavy atom. The van der Waals surface area contributed by atoms with Gasteiger partial charge in [-0.1, -0.05) is 13.0 Å². The Morgan fingerprint density at radius 2 is 2.28 bits per heavy atom. The molecule has 18 heavy (non-hydrogen) atoms. The number of carbonyl (C=O) groups excluding carboxylic acids is 1. The van der Waals surface area contributed by atoms with Crippen LogP contribution >= 0.6 is 0 Å². The quantitative estimate of drug-likeness (QED) is 0.886. The highest BCUT2D eigenvalue weighted by Crippen LogP contribution is 2.21. The van der Waals surface area contributed by atoms with Crippen LogP contribution in [-0.4, -0.2) is 22.9 Å². The van der Waals surface area contributed by atoms with Gasteiger partial charge in [0.05, 0.1) is 12.0 Å². The van der Waals surface area contributed by atoms with E-state index in [1.165, 1.54) is 12.0 Å². The number of hydrogen-bond acceptors (Lipinski definition) is 3. The lowest BCUT2D eigenvalue weighted by Gasteiger charge is -2.33. The van der Waals surface area contributed by atoms with Gasteiger partial charge in [-0.3, -0.25) is 9.78 Å².